The van der Waals surface area contributed by atoms with Crippen molar-refractivity contribution in [2.24, 2.45) is 7.05 Å². The first-order valence-electron chi connectivity index (χ1n) is 15.2. The van der Waals surface area contributed by atoms with Gasteiger partial charge in [-0.15, -0.1) is 0 Å². The zero-order valence-electron chi connectivity index (χ0n) is 25.9. The second-order valence-electron chi connectivity index (χ2n) is 11.6. The number of hydrogen-bond acceptors (Lipinski definition) is 9. The standard InChI is InChI=1S/C35H34N6O5/c1-40-12-4-5-30(35(40)43)41(34(42)24-16-36-32(37-17-24)22-7-8-22)18-21-6-11-26-27-19-46-20-28(27)33(39-29(26)13-21)38-15-23-9-10-25(44-2)14-31(23)45-3/h4-6,9-14,16-17,22H,7-8,15,18-20H2,1-3H3,(H,38,39). The summed E-state index contributed by atoms with van der Waals surface area (Å²) >= 11 is 0. The fourth-order valence-corrected chi connectivity index (χ4v) is 5.81. The molecule has 1 amide bonds. The Kier molecular flexibility index (Phi) is 7.83. The van der Waals surface area contributed by atoms with Gasteiger partial charge < -0.3 is 24.1 Å². The quantitative estimate of drug-likeness (QED) is 0.228. The van der Waals surface area contributed by atoms with Crippen LogP contribution in [0.5, 0.6) is 11.5 Å². The van der Waals surface area contributed by atoms with Crippen LogP contribution >= 0.6 is 0 Å². The van der Waals surface area contributed by atoms with Crippen LogP contribution in [-0.4, -0.2) is 39.6 Å². The van der Waals surface area contributed by atoms with Gasteiger partial charge in [-0.05, 0) is 54.3 Å². The Morgan fingerprint density at radius 1 is 1.04 bits per heavy atom. The summed E-state index contributed by atoms with van der Waals surface area (Å²) in [5, 5.41) is 4.47. The average molecular weight is 619 g/mol. The molecule has 4 heterocycles. The van der Waals surface area contributed by atoms with Crippen LogP contribution in [-0.2, 0) is 38.1 Å². The second kappa shape index (κ2) is 12.2. The summed E-state index contributed by atoms with van der Waals surface area (Å²) in [6.45, 7) is 1.58. The van der Waals surface area contributed by atoms with Crippen LogP contribution in [0.2, 0.25) is 0 Å². The zero-order chi connectivity index (χ0) is 31.8. The van der Waals surface area contributed by atoms with Crippen molar-refractivity contribution in [3.05, 3.63) is 111 Å². The molecule has 1 saturated carbocycles. The number of aryl methyl sites for hydroxylation is 1. The van der Waals surface area contributed by atoms with Gasteiger partial charge in [0.05, 0.1) is 45.1 Å². The van der Waals surface area contributed by atoms with Crippen LogP contribution < -0.4 is 25.2 Å². The molecule has 0 unspecified atom stereocenters. The first-order chi connectivity index (χ1) is 22.4. The molecule has 0 bridgehead atoms. The molecule has 0 radical (unpaired) electrons. The number of aromatic nitrogens is 4. The molecule has 0 saturated heterocycles. The molecule has 1 aliphatic heterocycles. The summed E-state index contributed by atoms with van der Waals surface area (Å²) in [5.41, 5.74) is 4.95. The van der Waals surface area contributed by atoms with E-state index < -0.39 is 0 Å². The summed E-state index contributed by atoms with van der Waals surface area (Å²) in [5.74, 6) is 2.94. The highest BCUT2D eigenvalue weighted by molar-refractivity contribution is 6.05. The van der Waals surface area contributed by atoms with Crippen LogP contribution in [0.4, 0.5) is 11.5 Å². The van der Waals surface area contributed by atoms with Gasteiger partial charge in [-0.3, -0.25) is 14.5 Å². The van der Waals surface area contributed by atoms with Crippen molar-refractivity contribution >= 4 is 28.3 Å². The van der Waals surface area contributed by atoms with Gasteiger partial charge in [0.25, 0.3) is 11.5 Å². The lowest BCUT2D eigenvalue weighted by Gasteiger charge is -2.23. The molecule has 2 aliphatic rings. The van der Waals surface area contributed by atoms with Crippen LogP contribution in [0.15, 0.2) is 71.9 Å². The number of anilines is 2. The minimum atomic E-state index is -0.350. The van der Waals surface area contributed by atoms with Gasteiger partial charge in [-0.25, -0.2) is 15.0 Å². The Balaban J connectivity index is 1.22. The Hall–Kier alpha value is -5.29. The van der Waals surface area contributed by atoms with Gasteiger partial charge in [0.2, 0.25) is 0 Å². The highest BCUT2D eigenvalue weighted by Gasteiger charge is 2.28. The summed E-state index contributed by atoms with van der Waals surface area (Å²) < 4.78 is 18.2. The molecule has 234 valence electrons. The number of amides is 1. The van der Waals surface area contributed by atoms with Crippen molar-refractivity contribution < 1.29 is 19.0 Å². The number of nitrogens with zero attached hydrogens (tertiary/aromatic N) is 5. The van der Waals surface area contributed by atoms with Crippen molar-refractivity contribution in [2.75, 3.05) is 24.4 Å². The Morgan fingerprint density at radius 2 is 1.85 bits per heavy atom. The maximum Gasteiger partial charge on any atom is 0.274 e. The van der Waals surface area contributed by atoms with E-state index in [1.807, 2.05) is 36.4 Å². The first kappa shape index (κ1) is 29.4. The topological polar surface area (TPSA) is 121 Å². The number of fused-ring (bicyclic) bond motifs is 3. The largest absolute Gasteiger partial charge is 0.497 e. The molecular formula is C35H34N6O5. The van der Waals surface area contributed by atoms with Gasteiger partial charge in [-0.2, -0.15) is 0 Å². The predicted octanol–water partition coefficient (Wildman–Crippen LogP) is 5.11. The highest BCUT2D eigenvalue weighted by atomic mass is 16.5. The lowest BCUT2D eigenvalue weighted by Crippen LogP contribution is -2.36. The van der Waals surface area contributed by atoms with E-state index in [0.29, 0.717) is 37.0 Å². The van der Waals surface area contributed by atoms with E-state index in [4.69, 9.17) is 19.2 Å². The number of rotatable bonds is 10. The fraction of sp³-hybridized carbons (Fsp3) is 0.286. The van der Waals surface area contributed by atoms with E-state index in [1.165, 1.54) is 9.47 Å². The Bertz CT molecular complexity index is 2000. The van der Waals surface area contributed by atoms with Gasteiger partial charge in [0, 0.05) is 60.7 Å². The minimum Gasteiger partial charge on any atom is -0.497 e. The average Bonchev–Trinajstić information content (AvgIpc) is 3.82. The van der Waals surface area contributed by atoms with Crippen LogP contribution in [0, 0.1) is 0 Å². The monoisotopic (exact) mass is 618 g/mol. The summed E-state index contributed by atoms with van der Waals surface area (Å²) in [4.78, 5) is 42.6. The summed E-state index contributed by atoms with van der Waals surface area (Å²) in [7, 11) is 4.92. The number of ether oxygens (including phenoxy) is 3. The van der Waals surface area contributed by atoms with Crippen molar-refractivity contribution in [1.82, 2.24) is 19.5 Å². The molecule has 11 heteroatoms. The maximum atomic E-state index is 13.9. The van der Waals surface area contributed by atoms with Crippen LogP contribution in [0.1, 0.15) is 57.2 Å². The first-order valence-corrected chi connectivity index (χ1v) is 15.2. The van der Waals surface area contributed by atoms with E-state index in [1.54, 1.807) is 52.0 Å². The smallest absolute Gasteiger partial charge is 0.274 e. The van der Waals surface area contributed by atoms with Gasteiger partial charge in [-0.1, -0.05) is 12.1 Å². The molecule has 1 aliphatic carbocycles. The van der Waals surface area contributed by atoms with Crippen molar-refractivity contribution in [2.45, 2.75) is 45.1 Å². The highest BCUT2D eigenvalue weighted by Crippen LogP contribution is 2.38. The van der Waals surface area contributed by atoms with Crippen LogP contribution in [0.3, 0.4) is 0 Å². The molecular weight excluding hydrogens is 584 g/mol. The maximum absolute atomic E-state index is 13.9. The number of benzene rings is 2. The van der Waals surface area contributed by atoms with Crippen molar-refractivity contribution in [1.29, 1.82) is 0 Å². The Labute approximate surface area is 265 Å². The van der Waals surface area contributed by atoms with Gasteiger partial charge in [0.1, 0.15) is 28.8 Å². The number of methoxy groups -OCH3 is 2. The third-order valence-corrected chi connectivity index (χ3v) is 8.54. The van der Waals surface area contributed by atoms with Crippen molar-refractivity contribution in [3.63, 3.8) is 0 Å². The molecule has 2 aromatic carbocycles. The number of carbonyl (C=O) groups is 1. The SMILES string of the molecule is COc1ccc(CNc2nc3cc(CN(C(=O)c4cnc(C5CC5)nc4)c4cccn(C)c4=O)ccc3c3c2COC3)c(OC)c1. The molecule has 1 fully saturated rings. The van der Waals surface area contributed by atoms with E-state index in [0.717, 1.165) is 63.4 Å². The molecule has 3 aromatic heterocycles. The lowest BCUT2D eigenvalue weighted by atomic mass is 10.0. The molecule has 5 aromatic rings. The molecule has 1 N–H and O–H groups in total. The zero-order valence-corrected chi connectivity index (χ0v) is 25.9. The van der Waals surface area contributed by atoms with Gasteiger partial charge >= 0.3 is 0 Å². The van der Waals surface area contributed by atoms with E-state index in [9.17, 15) is 9.59 Å². The van der Waals surface area contributed by atoms with Crippen molar-refractivity contribution in [3.8, 4) is 11.5 Å². The van der Waals surface area contributed by atoms with E-state index >= 15 is 0 Å². The number of pyridine rings is 2. The van der Waals surface area contributed by atoms with Gasteiger partial charge in [0.15, 0.2) is 0 Å². The number of nitrogens with one attached hydrogen (secondary N) is 1. The summed E-state index contributed by atoms with van der Waals surface area (Å²) in [6, 6.07) is 15.1. The van der Waals surface area contributed by atoms with E-state index in [2.05, 4.69) is 15.3 Å². The molecule has 11 nitrogen and oxygen atoms in total. The predicted molar refractivity (Wildman–Crippen MR) is 173 cm³/mol. The van der Waals surface area contributed by atoms with Crippen LogP contribution in [0.25, 0.3) is 10.9 Å². The van der Waals surface area contributed by atoms with E-state index in [-0.39, 0.29) is 23.7 Å². The third-order valence-electron chi connectivity index (χ3n) is 8.54. The Morgan fingerprint density at radius 3 is 2.61 bits per heavy atom. The fourth-order valence-electron chi connectivity index (χ4n) is 5.81. The molecule has 0 spiro atoms. The molecule has 7 rings (SSSR count). The second-order valence-corrected chi connectivity index (χ2v) is 11.6. The number of carbonyl (C=O) groups excluding carboxylic acids is 1. The summed E-state index contributed by atoms with van der Waals surface area (Å²) in [6.07, 6.45) is 6.92. The lowest BCUT2D eigenvalue weighted by molar-refractivity contribution is 0.0984. The minimum absolute atomic E-state index is 0.152. The molecule has 46 heavy (non-hydrogen) atoms. The third kappa shape index (κ3) is 5.65. The molecule has 0 atom stereocenters. The normalized spacial score (nSPS) is 13.8. The number of hydrogen-bond donors (Lipinski definition) is 1.